The minimum atomic E-state index is -0.0134. The molecule has 1 saturated heterocycles. The summed E-state index contributed by atoms with van der Waals surface area (Å²) in [4.78, 5) is 14.5. The fourth-order valence-electron chi connectivity index (χ4n) is 3.29. The van der Waals surface area contributed by atoms with Gasteiger partial charge in [-0.05, 0) is 45.2 Å². The van der Waals surface area contributed by atoms with E-state index in [0.29, 0.717) is 18.5 Å². The standard InChI is InChI=1S/C16H21N5O2/c1-11-15(19-23-18-11)10-20-8-2-3-13(20)9-21-16(22)7-6-14(17-21)12-4-5-12/h6-7,12-13H,2-5,8-10H2,1H3. The van der Waals surface area contributed by atoms with Gasteiger partial charge in [0.05, 0.1) is 12.2 Å². The Balaban J connectivity index is 1.50. The molecule has 4 rings (SSSR count). The Labute approximate surface area is 134 Å². The van der Waals surface area contributed by atoms with E-state index in [4.69, 9.17) is 4.63 Å². The molecule has 1 aliphatic carbocycles. The average Bonchev–Trinajstić information content (AvgIpc) is 3.19. The summed E-state index contributed by atoms with van der Waals surface area (Å²) in [5, 5.41) is 12.4. The van der Waals surface area contributed by atoms with Crippen LogP contribution in [0.5, 0.6) is 0 Å². The Morgan fingerprint density at radius 1 is 1.26 bits per heavy atom. The van der Waals surface area contributed by atoms with Crippen LogP contribution in [0.4, 0.5) is 0 Å². The van der Waals surface area contributed by atoms with Crippen molar-refractivity contribution in [3.63, 3.8) is 0 Å². The molecule has 3 heterocycles. The van der Waals surface area contributed by atoms with E-state index in [1.54, 1.807) is 10.7 Å². The van der Waals surface area contributed by atoms with E-state index >= 15 is 0 Å². The van der Waals surface area contributed by atoms with Gasteiger partial charge < -0.3 is 0 Å². The van der Waals surface area contributed by atoms with Crippen molar-refractivity contribution in [3.8, 4) is 0 Å². The Morgan fingerprint density at radius 2 is 2.13 bits per heavy atom. The SMILES string of the molecule is Cc1nonc1CN1CCCC1Cn1nc(C2CC2)ccc1=O. The highest BCUT2D eigenvalue weighted by Crippen LogP contribution is 2.38. The maximum atomic E-state index is 12.1. The zero-order chi connectivity index (χ0) is 15.8. The second-order valence-corrected chi connectivity index (χ2v) is 6.62. The van der Waals surface area contributed by atoms with Crippen molar-refractivity contribution >= 4 is 0 Å². The van der Waals surface area contributed by atoms with E-state index < -0.39 is 0 Å². The Kier molecular flexibility index (Phi) is 3.72. The van der Waals surface area contributed by atoms with E-state index in [9.17, 15) is 4.79 Å². The van der Waals surface area contributed by atoms with Gasteiger partial charge in [0.1, 0.15) is 11.4 Å². The van der Waals surface area contributed by atoms with E-state index in [0.717, 1.165) is 43.0 Å². The van der Waals surface area contributed by atoms with Crippen LogP contribution in [0, 0.1) is 6.92 Å². The van der Waals surface area contributed by atoms with Crippen molar-refractivity contribution in [2.45, 2.75) is 57.7 Å². The first kappa shape index (κ1) is 14.6. The molecule has 0 bridgehead atoms. The topological polar surface area (TPSA) is 77.1 Å². The van der Waals surface area contributed by atoms with Crippen LogP contribution in [-0.2, 0) is 13.1 Å². The van der Waals surface area contributed by atoms with Gasteiger partial charge in [-0.3, -0.25) is 9.69 Å². The molecule has 0 radical (unpaired) electrons. The van der Waals surface area contributed by atoms with E-state index in [1.807, 2.05) is 13.0 Å². The first-order chi connectivity index (χ1) is 11.2. The zero-order valence-electron chi connectivity index (χ0n) is 13.3. The number of aryl methyl sites for hydroxylation is 1. The normalized spacial score (nSPS) is 21.9. The van der Waals surface area contributed by atoms with E-state index in [2.05, 4.69) is 20.3 Å². The summed E-state index contributed by atoms with van der Waals surface area (Å²) in [7, 11) is 0. The molecule has 1 aliphatic heterocycles. The van der Waals surface area contributed by atoms with Gasteiger partial charge in [0.2, 0.25) is 0 Å². The number of likely N-dealkylation sites (tertiary alicyclic amines) is 1. The van der Waals surface area contributed by atoms with Gasteiger partial charge in [0.25, 0.3) is 5.56 Å². The average molecular weight is 315 g/mol. The molecule has 0 spiro atoms. The van der Waals surface area contributed by atoms with Crippen molar-refractivity contribution in [2.24, 2.45) is 0 Å². The molecule has 23 heavy (non-hydrogen) atoms. The van der Waals surface area contributed by atoms with E-state index in [-0.39, 0.29) is 5.56 Å². The van der Waals surface area contributed by atoms with Crippen LogP contribution in [0.2, 0.25) is 0 Å². The van der Waals surface area contributed by atoms with Crippen LogP contribution in [0.1, 0.15) is 48.7 Å². The largest absolute Gasteiger partial charge is 0.293 e. The van der Waals surface area contributed by atoms with Gasteiger partial charge in [-0.1, -0.05) is 10.3 Å². The molecule has 2 fully saturated rings. The molecule has 0 aromatic carbocycles. The Morgan fingerprint density at radius 3 is 2.87 bits per heavy atom. The summed E-state index contributed by atoms with van der Waals surface area (Å²) in [6, 6.07) is 3.85. The zero-order valence-corrected chi connectivity index (χ0v) is 13.3. The number of nitrogens with zero attached hydrogens (tertiary/aromatic N) is 5. The van der Waals surface area contributed by atoms with Crippen molar-refractivity contribution in [1.29, 1.82) is 0 Å². The summed E-state index contributed by atoms with van der Waals surface area (Å²) in [5.74, 6) is 0.561. The number of hydrogen-bond donors (Lipinski definition) is 0. The highest BCUT2D eigenvalue weighted by molar-refractivity contribution is 5.12. The number of aromatic nitrogens is 4. The predicted octanol–water partition coefficient (Wildman–Crippen LogP) is 1.48. The quantitative estimate of drug-likeness (QED) is 0.831. The van der Waals surface area contributed by atoms with Crippen LogP contribution in [0.25, 0.3) is 0 Å². The highest BCUT2D eigenvalue weighted by atomic mass is 16.6. The fraction of sp³-hybridized carbons (Fsp3) is 0.625. The maximum Gasteiger partial charge on any atom is 0.266 e. The monoisotopic (exact) mass is 315 g/mol. The smallest absolute Gasteiger partial charge is 0.266 e. The van der Waals surface area contributed by atoms with Crippen LogP contribution in [-0.4, -0.2) is 37.6 Å². The van der Waals surface area contributed by atoms with Gasteiger partial charge in [-0.15, -0.1) is 0 Å². The molecule has 2 aliphatic rings. The molecular weight excluding hydrogens is 294 g/mol. The van der Waals surface area contributed by atoms with Crippen LogP contribution in [0.3, 0.4) is 0 Å². The molecule has 0 amide bonds. The third-order valence-electron chi connectivity index (χ3n) is 4.86. The minimum Gasteiger partial charge on any atom is -0.293 e. The third-order valence-corrected chi connectivity index (χ3v) is 4.86. The molecule has 2 aromatic rings. The van der Waals surface area contributed by atoms with Gasteiger partial charge in [-0.2, -0.15) is 5.10 Å². The molecule has 1 atom stereocenters. The molecule has 7 heteroatoms. The molecule has 122 valence electrons. The lowest BCUT2D eigenvalue weighted by Gasteiger charge is -2.23. The summed E-state index contributed by atoms with van der Waals surface area (Å²) in [6.07, 6.45) is 4.59. The second-order valence-electron chi connectivity index (χ2n) is 6.62. The van der Waals surface area contributed by atoms with E-state index in [1.165, 1.54) is 12.8 Å². The first-order valence-corrected chi connectivity index (χ1v) is 8.31. The first-order valence-electron chi connectivity index (χ1n) is 8.31. The maximum absolute atomic E-state index is 12.1. The highest BCUT2D eigenvalue weighted by Gasteiger charge is 2.29. The Hall–Kier alpha value is -2.02. The Bertz CT molecular complexity index is 749. The predicted molar refractivity (Wildman–Crippen MR) is 82.9 cm³/mol. The van der Waals surface area contributed by atoms with Crippen molar-refractivity contribution in [3.05, 3.63) is 39.6 Å². The lowest BCUT2D eigenvalue weighted by molar-refractivity contribution is 0.208. The molecular formula is C16H21N5O2. The number of hydrogen-bond acceptors (Lipinski definition) is 6. The molecule has 1 saturated carbocycles. The summed E-state index contributed by atoms with van der Waals surface area (Å²) >= 11 is 0. The molecule has 2 aromatic heterocycles. The fourth-order valence-corrected chi connectivity index (χ4v) is 3.29. The van der Waals surface area contributed by atoms with Gasteiger partial charge in [-0.25, -0.2) is 9.31 Å². The van der Waals surface area contributed by atoms with Gasteiger partial charge in [0.15, 0.2) is 0 Å². The number of rotatable bonds is 5. The minimum absolute atomic E-state index is 0.0134. The molecule has 1 unspecified atom stereocenters. The van der Waals surface area contributed by atoms with Gasteiger partial charge >= 0.3 is 0 Å². The molecule has 7 nitrogen and oxygen atoms in total. The lowest BCUT2D eigenvalue weighted by atomic mass is 10.2. The van der Waals surface area contributed by atoms with Crippen LogP contribution in [0.15, 0.2) is 21.6 Å². The third kappa shape index (κ3) is 3.06. The summed E-state index contributed by atoms with van der Waals surface area (Å²) < 4.78 is 6.43. The van der Waals surface area contributed by atoms with Crippen molar-refractivity contribution in [2.75, 3.05) is 6.54 Å². The summed E-state index contributed by atoms with van der Waals surface area (Å²) in [5.41, 5.74) is 2.76. The van der Waals surface area contributed by atoms with Crippen molar-refractivity contribution < 1.29 is 4.63 Å². The molecule has 0 N–H and O–H groups in total. The summed E-state index contributed by atoms with van der Waals surface area (Å²) in [6.45, 7) is 4.27. The van der Waals surface area contributed by atoms with Crippen molar-refractivity contribution in [1.82, 2.24) is 25.0 Å². The lowest BCUT2D eigenvalue weighted by Crippen LogP contribution is -2.37. The second kappa shape index (κ2) is 5.88. The van der Waals surface area contributed by atoms with Gasteiger partial charge in [0, 0.05) is 24.6 Å². The van der Waals surface area contributed by atoms with Crippen LogP contribution < -0.4 is 5.56 Å². The van der Waals surface area contributed by atoms with Crippen LogP contribution >= 0.6 is 0 Å².